The Bertz CT molecular complexity index is 1380. The summed E-state index contributed by atoms with van der Waals surface area (Å²) in [5.41, 5.74) is 5.13. The number of nitrogens with zero attached hydrogens (tertiary/aromatic N) is 5. The highest BCUT2D eigenvalue weighted by Gasteiger charge is 2.25. The van der Waals surface area contributed by atoms with Gasteiger partial charge in [0.15, 0.2) is 11.6 Å². The quantitative estimate of drug-likeness (QED) is 0.406. The number of aromatic nitrogens is 2. The molecule has 0 radical (unpaired) electrons. The number of hydrogen-bond acceptors (Lipinski definition) is 7. The highest BCUT2D eigenvalue weighted by atomic mass is 32.1. The first-order valence-electron chi connectivity index (χ1n) is 12.4. The number of para-hydroxylation sites is 2. The summed E-state index contributed by atoms with van der Waals surface area (Å²) >= 11 is 1.72. The Morgan fingerprint density at radius 2 is 1.60 bits per heavy atom. The Kier molecular flexibility index (Phi) is 6.07. The average Bonchev–Trinajstić information content (AvgIpc) is 3.26. The molecule has 4 aromatic rings. The summed E-state index contributed by atoms with van der Waals surface area (Å²) in [7, 11) is 0. The molecule has 1 fully saturated rings. The maximum Gasteiger partial charge on any atom is 0.175 e. The third-order valence-corrected chi connectivity index (χ3v) is 8.20. The second-order valence-corrected chi connectivity index (χ2v) is 10.4. The van der Waals surface area contributed by atoms with Gasteiger partial charge in [-0.1, -0.05) is 42.5 Å². The van der Waals surface area contributed by atoms with Crippen LogP contribution in [0.5, 0.6) is 0 Å². The van der Waals surface area contributed by atoms with Gasteiger partial charge < -0.3 is 10.2 Å². The van der Waals surface area contributed by atoms with Crippen LogP contribution < -0.4 is 10.2 Å². The standard InChI is InChI=1S/C28H28N6S/c29-18-22-21-10-4-7-13-25(21)35-28(22)32-26-27(31-24-12-6-5-11-23(24)30-26)34-16-14-33(15-17-34)19-20-8-2-1-3-9-20/h1-3,5-6,8-9,11-12H,4,7,10,13-17,19H2,(H,30,32). The minimum atomic E-state index is 0.746. The highest BCUT2D eigenvalue weighted by Crippen LogP contribution is 2.40. The number of anilines is 3. The zero-order valence-electron chi connectivity index (χ0n) is 19.7. The summed E-state index contributed by atoms with van der Waals surface area (Å²) in [5.74, 6) is 1.62. The fourth-order valence-electron chi connectivity index (χ4n) is 5.13. The normalized spacial score (nSPS) is 16.1. The van der Waals surface area contributed by atoms with Gasteiger partial charge in [-0.2, -0.15) is 5.26 Å². The molecule has 0 atom stereocenters. The third kappa shape index (κ3) is 4.47. The van der Waals surface area contributed by atoms with E-state index in [2.05, 4.69) is 51.5 Å². The first-order valence-corrected chi connectivity index (χ1v) is 13.2. The monoisotopic (exact) mass is 480 g/mol. The van der Waals surface area contributed by atoms with Crippen LogP contribution >= 0.6 is 11.3 Å². The second kappa shape index (κ2) is 9.65. The number of aryl methyl sites for hydroxylation is 1. The topological polar surface area (TPSA) is 68.1 Å². The maximum atomic E-state index is 9.95. The number of piperazine rings is 1. The number of thiophene rings is 1. The number of fused-ring (bicyclic) bond motifs is 2. The van der Waals surface area contributed by atoms with Crippen LogP contribution in [0.1, 0.15) is 34.4 Å². The molecule has 0 amide bonds. The van der Waals surface area contributed by atoms with Crippen molar-refractivity contribution < 1.29 is 0 Å². The Morgan fingerprint density at radius 1 is 0.886 bits per heavy atom. The van der Waals surface area contributed by atoms with Crippen molar-refractivity contribution in [3.63, 3.8) is 0 Å². The zero-order valence-corrected chi connectivity index (χ0v) is 20.5. The molecule has 1 N–H and O–H groups in total. The molecule has 6 nitrogen and oxygen atoms in total. The number of hydrogen-bond donors (Lipinski definition) is 1. The molecule has 0 saturated carbocycles. The predicted octanol–water partition coefficient (Wildman–Crippen LogP) is 5.51. The fraction of sp³-hybridized carbons (Fsp3) is 0.321. The van der Waals surface area contributed by atoms with Crippen LogP contribution in [-0.2, 0) is 19.4 Å². The molecular weight excluding hydrogens is 452 g/mol. The first-order chi connectivity index (χ1) is 17.3. The summed E-state index contributed by atoms with van der Waals surface area (Å²) in [5, 5.41) is 14.4. The first kappa shape index (κ1) is 22.0. The van der Waals surface area contributed by atoms with Gasteiger partial charge in [-0.3, -0.25) is 4.90 Å². The smallest absolute Gasteiger partial charge is 0.175 e. The SMILES string of the molecule is N#Cc1c(Nc2nc3ccccc3nc2N2CCN(Cc3ccccc3)CC2)sc2c1CCCC2. The summed E-state index contributed by atoms with van der Waals surface area (Å²) in [4.78, 5) is 16.2. The van der Waals surface area contributed by atoms with Crippen molar-refractivity contribution in [2.45, 2.75) is 32.2 Å². The predicted molar refractivity (Wildman–Crippen MR) is 142 cm³/mol. The number of rotatable bonds is 5. The Morgan fingerprint density at radius 3 is 2.37 bits per heavy atom. The van der Waals surface area contributed by atoms with Crippen molar-refractivity contribution in [2.24, 2.45) is 0 Å². The molecule has 3 heterocycles. The van der Waals surface area contributed by atoms with Gasteiger partial charge in [0.1, 0.15) is 11.1 Å². The minimum absolute atomic E-state index is 0.746. The molecule has 2 aromatic carbocycles. The largest absolute Gasteiger partial charge is 0.351 e. The molecule has 0 spiro atoms. The van der Waals surface area contributed by atoms with Crippen LogP contribution in [0, 0.1) is 11.3 Å². The minimum Gasteiger partial charge on any atom is -0.351 e. The van der Waals surface area contributed by atoms with Crippen LogP contribution in [0.15, 0.2) is 54.6 Å². The lowest BCUT2D eigenvalue weighted by Gasteiger charge is -2.36. The molecular formula is C28H28N6S. The summed E-state index contributed by atoms with van der Waals surface area (Å²) in [6.07, 6.45) is 4.42. The molecule has 2 aromatic heterocycles. The van der Waals surface area contributed by atoms with Crippen LogP contribution in [0.25, 0.3) is 11.0 Å². The van der Waals surface area contributed by atoms with E-state index in [4.69, 9.17) is 9.97 Å². The van der Waals surface area contributed by atoms with Gasteiger partial charge in [-0.05, 0) is 48.9 Å². The molecule has 0 unspecified atom stereocenters. The van der Waals surface area contributed by atoms with Crippen molar-refractivity contribution in [1.82, 2.24) is 14.9 Å². The fourth-order valence-corrected chi connectivity index (χ4v) is 6.37. The van der Waals surface area contributed by atoms with E-state index in [0.717, 1.165) is 85.2 Å². The summed E-state index contributed by atoms with van der Waals surface area (Å²) in [6.45, 7) is 4.69. The van der Waals surface area contributed by atoms with Crippen LogP contribution in [0.3, 0.4) is 0 Å². The van der Waals surface area contributed by atoms with E-state index < -0.39 is 0 Å². The molecule has 176 valence electrons. The highest BCUT2D eigenvalue weighted by molar-refractivity contribution is 7.16. The number of nitriles is 1. The molecule has 35 heavy (non-hydrogen) atoms. The van der Waals surface area contributed by atoms with Gasteiger partial charge in [0, 0.05) is 37.6 Å². The van der Waals surface area contributed by atoms with Crippen molar-refractivity contribution in [2.75, 3.05) is 36.4 Å². The average molecular weight is 481 g/mol. The Hall–Kier alpha value is -3.47. The molecule has 2 aliphatic rings. The lowest BCUT2D eigenvalue weighted by Crippen LogP contribution is -2.46. The van der Waals surface area contributed by atoms with Gasteiger partial charge >= 0.3 is 0 Å². The van der Waals surface area contributed by atoms with Crippen molar-refractivity contribution in [1.29, 1.82) is 5.26 Å². The molecule has 7 heteroatoms. The molecule has 1 aliphatic heterocycles. The van der Waals surface area contributed by atoms with E-state index >= 15 is 0 Å². The van der Waals surface area contributed by atoms with Crippen LogP contribution in [-0.4, -0.2) is 41.0 Å². The summed E-state index contributed by atoms with van der Waals surface area (Å²) in [6, 6.07) is 21.1. The Balaban J connectivity index is 1.29. The van der Waals surface area contributed by atoms with Gasteiger partial charge in [0.05, 0.1) is 16.6 Å². The van der Waals surface area contributed by atoms with Crippen LogP contribution in [0.2, 0.25) is 0 Å². The van der Waals surface area contributed by atoms with Crippen LogP contribution in [0.4, 0.5) is 16.6 Å². The van der Waals surface area contributed by atoms with Gasteiger partial charge in [-0.25, -0.2) is 9.97 Å². The summed E-state index contributed by atoms with van der Waals surface area (Å²) < 4.78 is 0. The van der Waals surface area contributed by atoms with E-state index in [1.54, 1.807) is 11.3 Å². The lowest BCUT2D eigenvalue weighted by atomic mass is 9.96. The van der Waals surface area contributed by atoms with Crippen molar-refractivity contribution >= 4 is 39.0 Å². The lowest BCUT2D eigenvalue weighted by molar-refractivity contribution is 0.249. The van der Waals surface area contributed by atoms with Crippen molar-refractivity contribution in [3.8, 4) is 6.07 Å². The van der Waals surface area contributed by atoms with Gasteiger partial charge in [0.2, 0.25) is 0 Å². The molecule has 1 aliphatic carbocycles. The zero-order chi connectivity index (χ0) is 23.6. The second-order valence-electron chi connectivity index (χ2n) is 9.29. The van der Waals surface area contributed by atoms with Gasteiger partial charge in [0.25, 0.3) is 0 Å². The number of benzene rings is 2. The third-order valence-electron chi connectivity index (χ3n) is 6.99. The van der Waals surface area contributed by atoms with E-state index in [0.29, 0.717) is 0 Å². The van der Waals surface area contributed by atoms with E-state index in [9.17, 15) is 5.26 Å². The van der Waals surface area contributed by atoms with E-state index in [1.165, 1.54) is 22.4 Å². The molecule has 6 rings (SSSR count). The molecule has 0 bridgehead atoms. The molecule has 1 saturated heterocycles. The van der Waals surface area contributed by atoms with E-state index in [1.807, 2.05) is 24.3 Å². The van der Waals surface area contributed by atoms with E-state index in [-0.39, 0.29) is 0 Å². The Labute approximate surface area is 209 Å². The van der Waals surface area contributed by atoms with Crippen molar-refractivity contribution in [3.05, 3.63) is 76.2 Å². The number of nitrogens with one attached hydrogen (secondary N) is 1. The maximum absolute atomic E-state index is 9.95. The van der Waals surface area contributed by atoms with Gasteiger partial charge in [-0.15, -0.1) is 11.3 Å².